The van der Waals surface area contributed by atoms with E-state index in [1.165, 1.54) is 57.8 Å². The summed E-state index contributed by atoms with van der Waals surface area (Å²) in [7, 11) is 0. The molecule has 4 N–H and O–H groups in total. The van der Waals surface area contributed by atoms with Gasteiger partial charge < -0.3 is 21.1 Å². The topological polar surface area (TPSA) is 81.6 Å². The number of unbranched alkanes of at least 4 members (excludes halogenated alkanes) is 6. The third-order valence-corrected chi connectivity index (χ3v) is 13.5. The molecule has 0 aromatic heterocycles. The average molecular weight is 628 g/mol. The molecule has 5 heteroatoms. The Morgan fingerprint density at radius 1 is 0.844 bits per heavy atom. The molecule has 4 aliphatic rings. The van der Waals surface area contributed by atoms with Crippen LogP contribution in [0.1, 0.15) is 157 Å². The highest BCUT2D eigenvalue weighted by Gasteiger charge is 2.59. The second-order valence-electron chi connectivity index (χ2n) is 16.9. The molecule has 1 amide bonds. The van der Waals surface area contributed by atoms with Crippen LogP contribution in [0.15, 0.2) is 11.6 Å². The second-order valence-corrected chi connectivity index (χ2v) is 16.9. The summed E-state index contributed by atoms with van der Waals surface area (Å²) in [6.45, 7) is 15.7. The van der Waals surface area contributed by atoms with E-state index >= 15 is 0 Å². The first-order chi connectivity index (χ1) is 21.6. The lowest BCUT2D eigenvalue weighted by atomic mass is 9.47. The summed E-state index contributed by atoms with van der Waals surface area (Å²) in [5.74, 6) is 5.14. The molecule has 0 aromatic rings. The summed E-state index contributed by atoms with van der Waals surface area (Å²) in [6, 6.07) is 0. The van der Waals surface area contributed by atoms with Crippen molar-refractivity contribution in [1.29, 1.82) is 0 Å². The molecule has 4 unspecified atom stereocenters. The van der Waals surface area contributed by atoms with E-state index in [2.05, 4.69) is 40.7 Å². The van der Waals surface area contributed by atoms with Crippen molar-refractivity contribution in [2.75, 3.05) is 26.2 Å². The van der Waals surface area contributed by atoms with E-state index in [-0.39, 0.29) is 12.2 Å². The molecule has 4 rings (SSSR count). The van der Waals surface area contributed by atoms with Crippen molar-refractivity contribution in [2.45, 2.75) is 163 Å². The highest BCUT2D eigenvalue weighted by molar-refractivity contribution is 5.67. The number of nitrogens with zero attached hydrogens (tertiary/aromatic N) is 1. The van der Waals surface area contributed by atoms with Crippen LogP contribution in [0.4, 0.5) is 4.79 Å². The molecule has 0 heterocycles. The second kappa shape index (κ2) is 17.4. The molecular weight excluding hydrogens is 554 g/mol. The van der Waals surface area contributed by atoms with Gasteiger partial charge in [-0.05, 0) is 130 Å². The third kappa shape index (κ3) is 9.09. The Bertz CT molecular complexity index is 921. The summed E-state index contributed by atoms with van der Waals surface area (Å²) in [6.07, 6.45) is 25.7. The summed E-state index contributed by atoms with van der Waals surface area (Å²) in [5.41, 5.74) is 13.8. The minimum atomic E-state index is -0.0801. The van der Waals surface area contributed by atoms with Crippen LogP contribution in [0.2, 0.25) is 0 Å². The molecule has 0 bridgehead atoms. The van der Waals surface area contributed by atoms with Gasteiger partial charge >= 0.3 is 6.09 Å². The first kappa shape index (κ1) is 36.8. The Hall–Kier alpha value is -1.07. The van der Waals surface area contributed by atoms with Crippen LogP contribution >= 0.6 is 0 Å². The fourth-order valence-electron chi connectivity index (χ4n) is 10.9. The van der Waals surface area contributed by atoms with Gasteiger partial charge in [0.05, 0.1) is 0 Å². The van der Waals surface area contributed by atoms with Crippen LogP contribution in [0.3, 0.4) is 0 Å². The molecule has 3 fully saturated rings. The first-order valence-corrected chi connectivity index (χ1v) is 19.7. The largest absolute Gasteiger partial charge is 0.446 e. The van der Waals surface area contributed by atoms with E-state index in [4.69, 9.17) is 16.2 Å². The number of ether oxygens (including phenoxy) is 1. The van der Waals surface area contributed by atoms with Gasteiger partial charge in [-0.15, -0.1) is 0 Å². The lowest BCUT2D eigenvalue weighted by Gasteiger charge is -2.58. The Morgan fingerprint density at radius 3 is 2.16 bits per heavy atom. The monoisotopic (exact) mass is 628 g/mol. The minimum Gasteiger partial charge on any atom is -0.446 e. The number of hydrogen-bond acceptors (Lipinski definition) is 4. The van der Waals surface area contributed by atoms with Gasteiger partial charge in [0.1, 0.15) is 6.10 Å². The first-order valence-electron chi connectivity index (χ1n) is 19.7. The standard InChI is InChI=1S/C40H73N3O2/c1-30(2)15-14-16-31(3)35-19-20-36-34-18-17-32-29-33(21-23-39(32,4)37(34)22-24-40(35,36)5)45-38(44)43(27-12-8-6-10-25-41)28-13-9-7-11-26-42/h17,30-31,33-37H,6-16,18-29,41-42H2,1-5H3/t31-,33?,34?,35-,36?,37?,39+,40-/m1/s1. The zero-order valence-electron chi connectivity index (χ0n) is 30.3. The van der Waals surface area contributed by atoms with Crippen molar-refractivity contribution in [3.63, 3.8) is 0 Å². The SMILES string of the molecule is CC(C)CCC[C@@H](C)[C@H]1CCC2C3CC=C4CC(OC(=O)N(CCCCCCN)CCCCCCN)CC[C@]4(C)C3CC[C@@]21C. The summed E-state index contributed by atoms with van der Waals surface area (Å²) in [4.78, 5) is 15.5. The highest BCUT2D eigenvalue weighted by atomic mass is 16.6. The zero-order chi connectivity index (χ0) is 32.5. The normalized spacial score (nSPS) is 33.2. The predicted molar refractivity (Wildman–Crippen MR) is 190 cm³/mol. The number of fused-ring (bicyclic) bond motifs is 5. The number of hydrogen-bond donors (Lipinski definition) is 2. The predicted octanol–water partition coefficient (Wildman–Crippen LogP) is 9.87. The van der Waals surface area contributed by atoms with Crippen molar-refractivity contribution in [3.8, 4) is 0 Å². The van der Waals surface area contributed by atoms with Crippen LogP contribution in [0.5, 0.6) is 0 Å². The maximum absolute atomic E-state index is 13.5. The van der Waals surface area contributed by atoms with E-state index in [1.54, 1.807) is 5.57 Å². The quantitative estimate of drug-likeness (QED) is 0.117. The number of allylic oxidation sites excluding steroid dienone is 1. The van der Waals surface area contributed by atoms with E-state index < -0.39 is 0 Å². The van der Waals surface area contributed by atoms with E-state index in [1.807, 2.05) is 4.90 Å². The van der Waals surface area contributed by atoms with Gasteiger partial charge in [0.25, 0.3) is 0 Å². The van der Waals surface area contributed by atoms with Gasteiger partial charge in [0, 0.05) is 19.5 Å². The minimum absolute atomic E-state index is 0.0294. The lowest BCUT2D eigenvalue weighted by molar-refractivity contribution is -0.0593. The van der Waals surface area contributed by atoms with Crippen LogP contribution in [-0.4, -0.2) is 43.3 Å². The Balaban J connectivity index is 1.34. The van der Waals surface area contributed by atoms with E-state index in [0.29, 0.717) is 10.8 Å². The number of nitrogens with two attached hydrogens (primary N) is 2. The molecule has 5 nitrogen and oxygen atoms in total. The van der Waals surface area contributed by atoms with Gasteiger partial charge in [-0.1, -0.05) is 91.2 Å². The number of amides is 1. The van der Waals surface area contributed by atoms with Gasteiger partial charge in [-0.2, -0.15) is 0 Å². The molecule has 0 aromatic carbocycles. The number of rotatable bonds is 18. The molecule has 45 heavy (non-hydrogen) atoms. The Kier molecular flexibility index (Phi) is 14.2. The van der Waals surface area contributed by atoms with Gasteiger partial charge in [-0.3, -0.25) is 0 Å². The Morgan fingerprint density at radius 2 is 1.51 bits per heavy atom. The smallest absolute Gasteiger partial charge is 0.410 e. The molecule has 0 aliphatic heterocycles. The van der Waals surface area contributed by atoms with Gasteiger partial charge in [-0.25, -0.2) is 4.79 Å². The van der Waals surface area contributed by atoms with Crippen molar-refractivity contribution >= 4 is 6.09 Å². The fourth-order valence-corrected chi connectivity index (χ4v) is 10.9. The van der Waals surface area contributed by atoms with Gasteiger partial charge in [0.2, 0.25) is 0 Å². The highest BCUT2D eigenvalue weighted by Crippen LogP contribution is 2.67. The van der Waals surface area contributed by atoms with Crippen LogP contribution in [-0.2, 0) is 4.74 Å². The van der Waals surface area contributed by atoms with Gasteiger partial charge in [0.15, 0.2) is 0 Å². The number of carbonyl (C=O) groups is 1. The van der Waals surface area contributed by atoms with E-state index in [0.717, 1.165) is 126 Å². The summed E-state index contributed by atoms with van der Waals surface area (Å²) in [5, 5.41) is 0. The van der Waals surface area contributed by atoms with Crippen LogP contribution in [0.25, 0.3) is 0 Å². The molecular formula is C40H73N3O2. The van der Waals surface area contributed by atoms with Crippen molar-refractivity contribution in [3.05, 3.63) is 11.6 Å². The molecule has 0 saturated heterocycles. The maximum atomic E-state index is 13.5. The van der Waals surface area contributed by atoms with Crippen molar-refractivity contribution < 1.29 is 9.53 Å². The molecule has 3 saturated carbocycles. The Labute approximate surface area is 278 Å². The fraction of sp³-hybridized carbons (Fsp3) is 0.925. The molecule has 0 radical (unpaired) electrons. The summed E-state index contributed by atoms with van der Waals surface area (Å²) >= 11 is 0. The molecule has 0 spiro atoms. The van der Waals surface area contributed by atoms with Crippen LogP contribution in [0, 0.1) is 46.3 Å². The van der Waals surface area contributed by atoms with Crippen molar-refractivity contribution in [1.82, 2.24) is 4.90 Å². The van der Waals surface area contributed by atoms with Crippen LogP contribution < -0.4 is 11.5 Å². The van der Waals surface area contributed by atoms with Crippen molar-refractivity contribution in [2.24, 2.45) is 57.8 Å². The number of carbonyl (C=O) groups excluding carboxylic acids is 1. The third-order valence-electron chi connectivity index (χ3n) is 13.5. The van der Waals surface area contributed by atoms with E-state index in [9.17, 15) is 4.79 Å². The average Bonchev–Trinajstić information content (AvgIpc) is 3.37. The molecule has 4 aliphatic carbocycles. The molecule has 8 atom stereocenters. The lowest BCUT2D eigenvalue weighted by Crippen LogP contribution is -2.51. The zero-order valence-corrected chi connectivity index (χ0v) is 30.3. The summed E-state index contributed by atoms with van der Waals surface area (Å²) < 4.78 is 6.32. The maximum Gasteiger partial charge on any atom is 0.410 e. The molecule has 260 valence electrons.